The Bertz CT molecular complexity index is 1600. The number of nitrogens with zero attached hydrogens (tertiary/aromatic N) is 5. The lowest BCUT2D eigenvalue weighted by atomic mass is 10.2. The maximum absolute atomic E-state index is 12.8. The molecule has 1 amide bonds. The number of aromatic amines is 1. The van der Waals surface area contributed by atoms with Crippen LogP contribution < -0.4 is 10.6 Å². The number of carbonyl (C=O) groups is 1. The summed E-state index contributed by atoms with van der Waals surface area (Å²) in [5.41, 5.74) is 2.39. The zero-order valence-electron chi connectivity index (χ0n) is 22.2. The molecule has 4 N–H and O–H groups in total. The third-order valence-electron chi connectivity index (χ3n) is 6.10. The summed E-state index contributed by atoms with van der Waals surface area (Å²) in [5.74, 6) is 0.650. The van der Waals surface area contributed by atoms with Crippen molar-refractivity contribution in [3.05, 3.63) is 91.3 Å². The smallest absolute Gasteiger partial charge is 0.238 e. The molecule has 212 valence electrons. The number of carbonyl (C=O) groups excluding carboxylic acids is 1. The van der Waals surface area contributed by atoms with Crippen LogP contribution in [-0.2, 0) is 9.53 Å². The zero-order chi connectivity index (χ0) is 28.9. The molecule has 4 heterocycles. The van der Waals surface area contributed by atoms with Gasteiger partial charge >= 0.3 is 0 Å². The number of hydrogen-bond acceptors (Lipinski definition) is 9. The van der Waals surface area contributed by atoms with Gasteiger partial charge < -0.3 is 20.5 Å². The van der Waals surface area contributed by atoms with Gasteiger partial charge in [0.2, 0.25) is 11.1 Å². The van der Waals surface area contributed by atoms with Crippen molar-refractivity contribution in [3.63, 3.8) is 0 Å². The third-order valence-corrected chi connectivity index (χ3v) is 6.97. The number of nitrogens with one attached hydrogen (secondary N) is 3. The van der Waals surface area contributed by atoms with Gasteiger partial charge in [-0.1, -0.05) is 13.2 Å². The van der Waals surface area contributed by atoms with Gasteiger partial charge in [-0.15, -0.1) is 5.10 Å². The first-order valence-corrected chi connectivity index (χ1v) is 13.5. The molecule has 1 aliphatic rings. The van der Waals surface area contributed by atoms with Crippen LogP contribution >= 0.6 is 11.8 Å². The van der Waals surface area contributed by atoms with E-state index < -0.39 is 18.0 Å². The number of aryl methyl sites for hydroxylation is 1. The van der Waals surface area contributed by atoms with E-state index in [9.17, 15) is 14.3 Å². The van der Waals surface area contributed by atoms with E-state index in [1.54, 1.807) is 21.5 Å². The topological polar surface area (TPSA) is 133 Å². The minimum atomic E-state index is -0.801. The van der Waals surface area contributed by atoms with E-state index in [1.165, 1.54) is 17.8 Å². The molecule has 0 unspecified atom stereocenters. The van der Waals surface area contributed by atoms with E-state index in [1.807, 2.05) is 43.5 Å². The quantitative estimate of drug-likeness (QED) is 0.153. The first kappa shape index (κ1) is 28.1. The van der Waals surface area contributed by atoms with Crippen molar-refractivity contribution in [2.75, 3.05) is 30.3 Å². The summed E-state index contributed by atoms with van der Waals surface area (Å²) in [5, 5.41) is 28.7. The fraction of sp³-hybridized carbons (Fsp3) is 0.214. The molecule has 3 aromatic heterocycles. The minimum absolute atomic E-state index is 0.0764. The zero-order valence-corrected chi connectivity index (χ0v) is 23.1. The van der Waals surface area contributed by atoms with Crippen molar-refractivity contribution in [1.29, 1.82) is 0 Å². The number of benzene rings is 1. The highest BCUT2D eigenvalue weighted by Gasteiger charge is 2.33. The molecule has 1 aromatic carbocycles. The summed E-state index contributed by atoms with van der Waals surface area (Å²) in [7, 11) is 0. The second-order valence-electron chi connectivity index (χ2n) is 9.48. The number of aliphatic hydroxyl groups excluding tert-OH is 1. The Balaban J connectivity index is 1.16. The Hall–Kier alpha value is -4.46. The van der Waals surface area contributed by atoms with E-state index in [0.717, 1.165) is 22.2 Å². The van der Waals surface area contributed by atoms with E-state index in [0.29, 0.717) is 29.0 Å². The molecular formula is C28H29FN8O3S. The van der Waals surface area contributed by atoms with Gasteiger partial charge in [0.05, 0.1) is 6.54 Å². The molecule has 11 nitrogen and oxygen atoms in total. The highest BCUT2D eigenvalue weighted by atomic mass is 32.2. The molecule has 1 aliphatic heterocycles. The van der Waals surface area contributed by atoms with Crippen LogP contribution in [0.4, 0.5) is 21.7 Å². The number of β-amino-alcohol motifs (C(OH)–C–C–N with tert-alkyl or cyclic N) is 1. The molecule has 0 bridgehead atoms. The minimum Gasteiger partial charge on any atom is -0.487 e. The van der Waals surface area contributed by atoms with Crippen LogP contribution in [-0.4, -0.2) is 72.6 Å². The van der Waals surface area contributed by atoms with Gasteiger partial charge in [-0.05, 0) is 67.2 Å². The SMILES string of the molecule is C=C(F)/C=C\C(=C)O[C@H]1CN(CC(=O)Nc2ccc(Sc3nc(Nc4cc(C)[nH]n4)c4cccn4n3)cc2)C[C@@H]1O. The lowest BCUT2D eigenvalue weighted by molar-refractivity contribution is -0.117. The number of halogens is 1. The van der Waals surface area contributed by atoms with Crippen LogP contribution in [0.15, 0.2) is 95.6 Å². The molecule has 0 radical (unpaired) electrons. The fourth-order valence-electron chi connectivity index (χ4n) is 4.26. The summed E-state index contributed by atoms with van der Waals surface area (Å²) >= 11 is 1.39. The Morgan fingerprint density at radius 1 is 1.27 bits per heavy atom. The molecular weight excluding hydrogens is 547 g/mol. The van der Waals surface area contributed by atoms with E-state index in [4.69, 9.17) is 4.74 Å². The van der Waals surface area contributed by atoms with Gasteiger partial charge in [0, 0.05) is 41.6 Å². The highest BCUT2D eigenvalue weighted by Crippen LogP contribution is 2.29. The molecule has 13 heteroatoms. The number of hydrogen-bond donors (Lipinski definition) is 4. The van der Waals surface area contributed by atoms with Gasteiger partial charge in [0.1, 0.15) is 29.3 Å². The number of fused-ring (bicyclic) bond motifs is 1. The number of amides is 1. The van der Waals surface area contributed by atoms with Gasteiger partial charge in [0.25, 0.3) is 0 Å². The molecule has 1 saturated heterocycles. The molecule has 0 aliphatic carbocycles. The Kier molecular flexibility index (Phi) is 8.47. The van der Waals surface area contributed by atoms with Crippen LogP contribution in [0.3, 0.4) is 0 Å². The molecule has 0 spiro atoms. The van der Waals surface area contributed by atoms with Gasteiger partial charge in [0.15, 0.2) is 11.6 Å². The molecule has 0 saturated carbocycles. The number of aliphatic hydroxyl groups is 1. The standard InChI is InChI=1S/C28H29FN8O3S/c1-17(29)6-7-19(3)40-24-15-36(14-23(24)38)16-26(39)30-20-8-10-21(11-9-20)41-28-32-27(22-5-4-12-37(22)35-28)31-25-13-18(2)33-34-25/h4-13,23-24,38H,1,3,14-16H2,2H3,(H,30,39)(H2,31,32,33,34,35)/b7-6-/t23-,24-/m0/s1. The Morgan fingerprint density at radius 3 is 2.80 bits per heavy atom. The third kappa shape index (κ3) is 7.39. The highest BCUT2D eigenvalue weighted by molar-refractivity contribution is 7.99. The van der Waals surface area contributed by atoms with Gasteiger partial charge in [-0.3, -0.25) is 14.8 Å². The molecule has 4 aromatic rings. The number of likely N-dealkylation sites (tertiary alicyclic amines) is 1. The molecule has 1 fully saturated rings. The predicted octanol–water partition coefficient (Wildman–Crippen LogP) is 4.21. The monoisotopic (exact) mass is 576 g/mol. The normalized spacial score (nSPS) is 17.2. The Morgan fingerprint density at radius 2 is 2.07 bits per heavy atom. The average Bonchev–Trinajstić information content (AvgIpc) is 3.64. The lowest BCUT2D eigenvalue weighted by Crippen LogP contribution is -2.32. The molecule has 2 atom stereocenters. The number of anilines is 3. The number of rotatable bonds is 11. The summed E-state index contributed by atoms with van der Waals surface area (Å²) in [6.07, 6.45) is 2.95. The first-order chi connectivity index (χ1) is 19.7. The Labute approximate surface area is 239 Å². The van der Waals surface area contributed by atoms with Crippen LogP contribution in [0.5, 0.6) is 0 Å². The maximum Gasteiger partial charge on any atom is 0.238 e. The van der Waals surface area contributed by atoms with E-state index in [2.05, 4.69) is 44.1 Å². The fourth-order valence-corrected chi connectivity index (χ4v) is 5.01. The summed E-state index contributed by atoms with van der Waals surface area (Å²) in [4.78, 5) is 20.0. The van der Waals surface area contributed by atoms with E-state index in [-0.39, 0.29) is 24.8 Å². The van der Waals surface area contributed by atoms with Crippen LogP contribution in [0.25, 0.3) is 5.52 Å². The van der Waals surface area contributed by atoms with E-state index >= 15 is 0 Å². The van der Waals surface area contributed by atoms with Crippen LogP contribution in [0.2, 0.25) is 0 Å². The van der Waals surface area contributed by atoms with Crippen molar-refractivity contribution in [2.45, 2.75) is 29.2 Å². The van der Waals surface area contributed by atoms with Crippen molar-refractivity contribution in [2.24, 2.45) is 0 Å². The largest absolute Gasteiger partial charge is 0.487 e. The summed E-state index contributed by atoms with van der Waals surface area (Å²) in [6, 6.07) is 13.1. The molecule has 41 heavy (non-hydrogen) atoms. The van der Waals surface area contributed by atoms with Crippen LogP contribution in [0, 0.1) is 6.92 Å². The first-order valence-electron chi connectivity index (χ1n) is 12.7. The number of H-pyrrole nitrogens is 1. The van der Waals surface area contributed by atoms with Crippen molar-refractivity contribution >= 4 is 40.5 Å². The average molecular weight is 577 g/mol. The maximum atomic E-state index is 12.8. The van der Waals surface area contributed by atoms with Crippen LogP contribution in [0.1, 0.15) is 5.69 Å². The van der Waals surface area contributed by atoms with Crippen molar-refractivity contribution in [1.82, 2.24) is 29.7 Å². The van der Waals surface area contributed by atoms with Gasteiger partial charge in [-0.25, -0.2) is 13.9 Å². The summed E-state index contributed by atoms with van der Waals surface area (Å²) < 4.78 is 20.1. The van der Waals surface area contributed by atoms with Gasteiger partial charge in [-0.2, -0.15) is 5.10 Å². The lowest BCUT2D eigenvalue weighted by Gasteiger charge is -2.17. The second kappa shape index (κ2) is 12.4. The number of allylic oxidation sites excluding steroid dienone is 3. The number of ether oxygens (including phenoxy) is 1. The summed E-state index contributed by atoms with van der Waals surface area (Å²) in [6.45, 7) is 9.42. The second-order valence-corrected chi connectivity index (χ2v) is 10.5. The molecule has 5 rings (SSSR count). The van der Waals surface area contributed by atoms with Crippen molar-refractivity contribution < 1.29 is 19.0 Å². The predicted molar refractivity (Wildman–Crippen MR) is 155 cm³/mol. The number of aromatic nitrogens is 5. The van der Waals surface area contributed by atoms with Crippen molar-refractivity contribution in [3.8, 4) is 0 Å².